The van der Waals surface area contributed by atoms with E-state index in [4.69, 9.17) is 24.9 Å². The first-order valence-corrected chi connectivity index (χ1v) is 18.9. The molecule has 0 radical (unpaired) electrons. The third kappa shape index (κ3) is 7.50. The second-order valence-corrected chi connectivity index (χ2v) is 15.0. The number of allylic oxidation sites excluding steroid dienone is 1. The smallest absolute Gasteiger partial charge is 0.408 e. The number of hydrogen-bond acceptors (Lipinski definition) is 11. The number of fused-ring (bicyclic) bond motifs is 3. The average molecular weight is 733 g/mol. The molecule has 2 aliphatic carbocycles. The first-order chi connectivity index (χ1) is 25.1. The van der Waals surface area contributed by atoms with Crippen LogP contribution in [0.3, 0.4) is 0 Å². The minimum absolute atomic E-state index is 0.0229. The van der Waals surface area contributed by atoms with Crippen LogP contribution in [0.15, 0.2) is 41.8 Å². The monoisotopic (exact) mass is 732 g/mol. The SMILES string of the molecule is COc1ccc2c(O[C@@H]3C[C@H]4C(=O)N[C@]5(C(=O)O)C[C@H]5/C=C\CCCCC[C@@H](NC(=O)OC5CCCC5)C(=O)N4C3)cc(-c3csc(N)n3)nc2c1. The van der Waals surface area contributed by atoms with Crippen LogP contribution in [0.5, 0.6) is 11.5 Å². The zero-order chi connectivity index (χ0) is 36.4. The molecule has 1 aromatic carbocycles. The molecule has 14 nitrogen and oxygen atoms in total. The Balaban J connectivity index is 1.20. The summed E-state index contributed by atoms with van der Waals surface area (Å²) in [5.74, 6) is -1.44. The van der Waals surface area contributed by atoms with Crippen LogP contribution in [0.25, 0.3) is 22.3 Å². The average Bonchev–Trinajstić information content (AvgIpc) is 3.54. The number of carbonyl (C=O) groups excluding carboxylic acids is 3. The van der Waals surface area contributed by atoms with Gasteiger partial charge in [0, 0.05) is 35.2 Å². The molecular formula is C37H44N6O8S. The predicted molar refractivity (Wildman–Crippen MR) is 193 cm³/mol. The molecule has 3 amide bonds. The Kier molecular flexibility index (Phi) is 10.2. The number of aromatic nitrogens is 2. The number of methoxy groups -OCH3 is 1. The number of nitrogens with one attached hydrogen (secondary N) is 2. The highest BCUT2D eigenvalue weighted by molar-refractivity contribution is 7.13. The standard InChI is InChI=1S/C37H44N6O8S/c1-49-23-13-14-25-27(15-23)39-28(29-20-52-35(38)40-29)17-31(25)50-24-16-30-32(44)42-37(34(46)47)18-21(37)9-5-3-2-4-6-12-26(33(45)43(30)19-24)41-36(48)51-22-10-7-8-11-22/h5,9,13-15,17,20-22,24,26,30H,2-4,6-8,10-12,16,18-19H2,1H3,(H2,38,40)(H,41,48)(H,42,44)(H,46,47)/b9-5-/t21-,24-,26-,30+,37-/m1/s1. The molecule has 1 saturated heterocycles. The van der Waals surface area contributed by atoms with Crippen LogP contribution >= 0.6 is 11.3 Å². The first-order valence-electron chi connectivity index (χ1n) is 18.0. The highest BCUT2D eigenvalue weighted by Crippen LogP contribution is 2.45. The van der Waals surface area contributed by atoms with Crippen LogP contribution in [0, 0.1) is 5.92 Å². The van der Waals surface area contributed by atoms with Gasteiger partial charge in [0.25, 0.3) is 0 Å². The number of carboxylic acids is 1. The highest BCUT2D eigenvalue weighted by Gasteiger charge is 2.61. The van der Waals surface area contributed by atoms with Gasteiger partial charge in [0.1, 0.15) is 47.0 Å². The molecule has 52 heavy (non-hydrogen) atoms. The Labute approximate surface area is 305 Å². The molecule has 5 atom stereocenters. The lowest BCUT2D eigenvalue weighted by Crippen LogP contribution is -2.56. The second kappa shape index (κ2) is 15.0. The summed E-state index contributed by atoms with van der Waals surface area (Å²) in [5.41, 5.74) is 6.15. The number of nitrogens with zero attached hydrogens (tertiary/aromatic N) is 3. The van der Waals surface area contributed by atoms with E-state index in [2.05, 4.69) is 15.6 Å². The largest absolute Gasteiger partial charge is 0.497 e. The summed E-state index contributed by atoms with van der Waals surface area (Å²) in [5, 5.41) is 18.7. The molecule has 7 rings (SSSR count). The third-order valence-corrected chi connectivity index (χ3v) is 11.2. The number of alkyl carbamates (subject to hydrolysis) is 1. The van der Waals surface area contributed by atoms with Crippen molar-refractivity contribution in [3.8, 4) is 22.9 Å². The van der Waals surface area contributed by atoms with Gasteiger partial charge in [-0.1, -0.05) is 25.0 Å². The maximum absolute atomic E-state index is 14.5. The van der Waals surface area contributed by atoms with E-state index < -0.39 is 47.6 Å². The van der Waals surface area contributed by atoms with E-state index in [9.17, 15) is 24.3 Å². The summed E-state index contributed by atoms with van der Waals surface area (Å²) in [6, 6.07) is 5.16. The van der Waals surface area contributed by atoms with Gasteiger partial charge in [-0.05, 0) is 63.5 Å². The first kappa shape index (κ1) is 35.5. The zero-order valence-electron chi connectivity index (χ0n) is 29.0. The van der Waals surface area contributed by atoms with Crippen molar-refractivity contribution < 1.29 is 38.5 Å². The van der Waals surface area contributed by atoms with Crippen molar-refractivity contribution in [2.75, 3.05) is 19.4 Å². The van der Waals surface area contributed by atoms with Gasteiger partial charge >= 0.3 is 12.1 Å². The number of hydrogen-bond donors (Lipinski definition) is 4. The number of rotatable bonds is 7. The Morgan fingerprint density at radius 2 is 1.87 bits per heavy atom. The van der Waals surface area contributed by atoms with Crippen molar-refractivity contribution in [2.24, 2.45) is 5.92 Å². The summed E-state index contributed by atoms with van der Waals surface area (Å²) in [6.45, 7) is 0.0229. The Bertz CT molecular complexity index is 1880. The minimum atomic E-state index is -1.45. The van der Waals surface area contributed by atoms with E-state index in [1.54, 1.807) is 30.7 Å². The van der Waals surface area contributed by atoms with Crippen molar-refractivity contribution in [3.05, 3.63) is 41.8 Å². The normalized spacial score (nSPS) is 27.4. The van der Waals surface area contributed by atoms with Gasteiger partial charge in [-0.2, -0.15) is 0 Å². The maximum atomic E-state index is 14.5. The molecular weight excluding hydrogens is 689 g/mol. The highest BCUT2D eigenvalue weighted by atomic mass is 32.1. The van der Waals surface area contributed by atoms with Crippen molar-refractivity contribution in [3.63, 3.8) is 0 Å². The predicted octanol–water partition coefficient (Wildman–Crippen LogP) is 4.81. The van der Waals surface area contributed by atoms with Gasteiger partial charge in [-0.15, -0.1) is 11.3 Å². The van der Waals surface area contributed by atoms with Crippen LogP contribution < -0.4 is 25.8 Å². The molecule has 5 N–H and O–H groups in total. The summed E-state index contributed by atoms with van der Waals surface area (Å²) in [6.07, 6.45) is 9.64. The molecule has 2 saturated carbocycles. The van der Waals surface area contributed by atoms with E-state index >= 15 is 0 Å². The molecule has 2 aromatic heterocycles. The van der Waals surface area contributed by atoms with Crippen LogP contribution in [-0.2, 0) is 19.1 Å². The van der Waals surface area contributed by atoms with Crippen molar-refractivity contribution in [1.29, 1.82) is 0 Å². The summed E-state index contributed by atoms with van der Waals surface area (Å²) >= 11 is 1.28. The Morgan fingerprint density at radius 1 is 1.06 bits per heavy atom. The van der Waals surface area contributed by atoms with Gasteiger partial charge in [0.05, 0.1) is 24.9 Å². The fourth-order valence-electron chi connectivity index (χ4n) is 7.60. The number of carboxylic acid groups (broad SMARTS) is 1. The fourth-order valence-corrected chi connectivity index (χ4v) is 8.15. The molecule has 276 valence electrons. The topological polar surface area (TPSA) is 195 Å². The van der Waals surface area contributed by atoms with Crippen molar-refractivity contribution in [2.45, 2.75) is 100 Å². The third-order valence-electron chi connectivity index (χ3n) is 10.5. The molecule has 0 spiro atoms. The number of pyridine rings is 1. The van der Waals surface area contributed by atoms with E-state index in [1.807, 2.05) is 18.2 Å². The second-order valence-electron chi connectivity index (χ2n) is 14.1. The van der Waals surface area contributed by atoms with Gasteiger partial charge in [-0.3, -0.25) is 9.59 Å². The fraction of sp³-hybridized carbons (Fsp3) is 0.514. The quantitative estimate of drug-likeness (QED) is 0.243. The zero-order valence-corrected chi connectivity index (χ0v) is 29.9. The summed E-state index contributed by atoms with van der Waals surface area (Å²) in [4.78, 5) is 64.8. The maximum Gasteiger partial charge on any atom is 0.408 e. The van der Waals surface area contributed by atoms with Crippen LogP contribution in [0.1, 0.15) is 70.6 Å². The Hall–Kier alpha value is -4.92. The molecule has 2 aliphatic heterocycles. The van der Waals surface area contributed by atoms with Gasteiger partial charge in [0.2, 0.25) is 11.8 Å². The molecule has 15 heteroatoms. The van der Waals surface area contributed by atoms with E-state index in [0.29, 0.717) is 51.8 Å². The molecule has 3 aromatic rings. The summed E-state index contributed by atoms with van der Waals surface area (Å²) < 4.78 is 17.7. The van der Waals surface area contributed by atoms with Gasteiger partial charge in [-0.25, -0.2) is 19.6 Å². The molecule has 3 fully saturated rings. The number of benzene rings is 1. The van der Waals surface area contributed by atoms with Crippen molar-refractivity contribution >= 4 is 51.2 Å². The van der Waals surface area contributed by atoms with E-state index in [1.165, 1.54) is 16.2 Å². The lowest BCUT2D eigenvalue weighted by atomic mass is 10.0. The number of amides is 3. The van der Waals surface area contributed by atoms with E-state index in [0.717, 1.165) is 44.9 Å². The van der Waals surface area contributed by atoms with Crippen molar-refractivity contribution in [1.82, 2.24) is 25.5 Å². The number of anilines is 1. The molecule has 4 heterocycles. The van der Waals surface area contributed by atoms with Gasteiger partial charge in [0.15, 0.2) is 5.13 Å². The summed E-state index contributed by atoms with van der Waals surface area (Å²) in [7, 11) is 1.57. The van der Waals surface area contributed by atoms with E-state index in [-0.39, 0.29) is 31.4 Å². The Morgan fingerprint density at radius 3 is 2.62 bits per heavy atom. The number of aliphatic carboxylic acids is 1. The lowest BCUT2D eigenvalue weighted by Gasteiger charge is -2.29. The van der Waals surface area contributed by atoms with Crippen LogP contribution in [0.2, 0.25) is 0 Å². The number of carbonyl (C=O) groups is 4. The van der Waals surface area contributed by atoms with Gasteiger partial charge < -0.3 is 40.6 Å². The van der Waals surface area contributed by atoms with Crippen LogP contribution in [0.4, 0.5) is 9.93 Å². The molecule has 4 aliphatic rings. The minimum Gasteiger partial charge on any atom is -0.497 e. The number of ether oxygens (including phenoxy) is 3. The molecule has 0 unspecified atom stereocenters. The number of nitrogens with two attached hydrogens (primary N) is 1. The molecule has 0 bridgehead atoms. The number of nitrogen functional groups attached to an aromatic ring is 1. The van der Waals surface area contributed by atoms with Crippen LogP contribution in [-0.4, -0.2) is 87.3 Å². The lowest BCUT2D eigenvalue weighted by molar-refractivity contribution is -0.145. The number of thiazole rings is 1.